The zero-order chi connectivity index (χ0) is 15.0. The van der Waals surface area contributed by atoms with E-state index in [4.69, 9.17) is 10.2 Å². The molecule has 0 aromatic heterocycles. The maximum atomic E-state index is 11.5. The number of hydrogen-bond acceptors (Lipinski definition) is 4. The molecule has 1 unspecified atom stereocenters. The maximum Gasteiger partial charge on any atom is 0.326 e. The van der Waals surface area contributed by atoms with Gasteiger partial charge in [0.15, 0.2) is 0 Å². The minimum atomic E-state index is -1.14. The zero-order valence-electron chi connectivity index (χ0n) is 12.0. The molecule has 116 valence electrons. The Bertz CT molecular complexity index is 319. The highest BCUT2D eigenvalue weighted by atomic mass is 16.4. The fraction of sp³-hybridized carbons (Fsp3) is 0.846. The molecule has 7 heteroatoms. The van der Waals surface area contributed by atoms with Crippen LogP contribution in [0, 0.1) is 0 Å². The Morgan fingerprint density at radius 1 is 1.35 bits per heavy atom. The van der Waals surface area contributed by atoms with Crippen LogP contribution in [0.15, 0.2) is 0 Å². The van der Waals surface area contributed by atoms with Gasteiger partial charge in [-0.05, 0) is 19.9 Å². The lowest BCUT2D eigenvalue weighted by Crippen LogP contribution is -2.48. The highest BCUT2D eigenvalue weighted by molar-refractivity contribution is 5.82. The molecule has 0 bridgehead atoms. The molecule has 0 saturated heterocycles. The second kappa shape index (κ2) is 8.76. The van der Waals surface area contributed by atoms with Crippen molar-refractivity contribution in [1.29, 1.82) is 0 Å². The molecule has 0 spiro atoms. The summed E-state index contributed by atoms with van der Waals surface area (Å²) in [6.07, 6.45) is 4.96. The molecule has 0 aromatic rings. The van der Waals surface area contributed by atoms with Gasteiger partial charge in [0.25, 0.3) is 0 Å². The molecule has 1 rings (SSSR count). The van der Waals surface area contributed by atoms with E-state index in [0.29, 0.717) is 12.6 Å². The van der Waals surface area contributed by atoms with Crippen LogP contribution in [0.4, 0.5) is 4.79 Å². The number of carboxylic acid groups (broad SMARTS) is 1. The van der Waals surface area contributed by atoms with Crippen molar-refractivity contribution >= 4 is 12.0 Å². The Morgan fingerprint density at radius 2 is 2.00 bits per heavy atom. The lowest BCUT2D eigenvalue weighted by molar-refractivity contribution is -0.139. The molecule has 1 aliphatic carbocycles. The van der Waals surface area contributed by atoms with E-state index in [0.717, 1.165) is 6.54 Å². The summed E-state index contributed by atoms with van der Waals surface area (Å²) in [4.78, 5) is 24.6. The number of aliphatic carboxylic acids is 1. The van der Waals surface area contributed by atoms with Gasteiger partial charge in [0.1, 0.15) is 6.04 Å². The third kappa shape index (κ3) is 5.75. The van der Waals surface area contributed by atoms with Gasteiger partial charge < -0.3 is 25.7 Å². The third-order valence-electron chi connectivity index (χ3n) is 3.72. The Balaban J connectivity index is 2.19. The molecule has 20 heavy (non-hydrogen) atoms. The van der Waals surface area contributed by atoms with Crippen LogP contribution in [0.2, 0.25) is 0 Å². The van der Waals surface area contributed by atoms with Crippen LogP contribution in [0.3, 0.4) is 0 Å². The van der Waals surface area contributed by atoms with Crippen molar-refractivity contribution in [1.82, 2.24) is 15.5 Å². The number of amides is 2. The van der Waals surface area contributed by atoms with Crippen LogP contribution in [0.5, 0.6) is 0 Å². The molecule has 1 atom stereocenters. The van der Waals surface area contributed by atoms with E-state index in [1.54, 1.807) is 0 Å². The third-order valence-corrected chi connectivity index (χ3v) is 3.72. The smallest absolute Gasteiger partial charge is 0.326 e. The van der Waals surface area contributed by atoms with Crippen molar-refractivity contribution in [3.8, 4) is 0 Å². The molecule has 0 radical (unpaired) electrons. The number of carbonyl (C=O) groups excluding carboxylic acids is 1. The van der Waals surface area contributed by atoms with Crippen molar-refractivity contribution in [2.75, 3.05) is 26.7 Å². The summed E-state index contributed by atoms with van der Waals surface area (Å²) in [7, 11) is 2.04. The van der Waals surface area contributed by atoms with E-state index in [9.17, 15) is 9.59 Å². The minimum Gasteiger partial charge on any atom is -0.480 e. The number of nitrogens with zero attached hydrogens (tertiary/aromatic N) is 1. The Labute approximate surface area is 119 Å². The highest BCUT2D eigenvalue weighted by Gasteiger charge is 2.20. The normalized spacial score (nSPS) is 17.1. The molecular formula is C13H25N3O4. The van der Waals surface area contributed by atoms with E-state index < -0.39 is 18.0 Å². The summed E-state index contributed by atoms with van der Waals surface area (Å²) in [5.74, 6) is -1.14. The average molecular weight is 287 g/mol. The summed E-state index contributed by atoms with van der Waals surface area (Å²) in [6.45, 7) is 0.946. The summed E-state index contributed by atoms with van der Waals surface area (Å²) in [5.41, 5.74) is 0. The van der Waals surface area contributed by atoms with Crippen molar-refractivity contribution in [2.24, 2.45) is 0 Å². The molecular weight excluding hydrogens is 262 g/mol. The van der Waals surface area contributed by atoms with Crippen molar-refractivity contribution < 1.29 is 19.8 Å². The van der Waals surface area contributed by atoms with E-state index in [1.165, 1.54) is 25.7 Å². The first kappa shape index (κ1) is 16.7. The minimum absolute atomic E-state index is 0.00469. The van der Waals surface area contributed by atoms with Gasteiger partial charge in [0.2, 0.25) is 0 Å². The number of carboxylic acids is 1. The Morgan fingerprint density at radius 3 is 2.55 bits per heavy atom. The van der Waals surface area contributed by atoms with Gasteiger partial charge in [-0.1, -0.05) is 12.8 Å². The van der Waals surface area contributed by atoms with E-state index in [2.05, 4.69) is 15.5 Å². The number of carbonyl (C=O) groups is 2. The first-order valence-corrected chi connectivity index (χ1v) is 7.13. The Hall–Kier alpha value is -1.34. The molecule has 2 amide bonds. The number of nitrogens with one attached hydrogen (secondary N) is 2. The molecule has 0 aliphatic heterocycles. The SMILES string of the molecule is CN(CCNC(=O)NC(CCO)C(=O)O)C1CCCC1. The fourth-order valence-corrected chi connectivity index (χ4v) is 2.47. The fourth-order valence-electron chi connectivity index (χ4n) is 2.47. The number of likely N-dealkylation sites (N-methyl/N-ethyl adjacent to an activating group) is 1. The Kier molecular flexibility index (Phi) is 7.32. The number of aliphatic hydroxyl groups excluding tert-OH is 1. The first-order chi connectivity index (χ1) is 9.54. The number of hydrogen-bond donors (Lipinski definition) is 4. The van der Waals surface area contributed by atoms with E-state index in [-0.39, 0.29) is 13.0 Å². The second-order valence-electron chi connectivity index (χ2n) is 5.22. The maximum absolute atomic E-state index is 11.5. The predicted molar refractivity (Wildman–Crippen MR) is 74.5 cm³/mol. The van der Waals surface area contributed by atoms with E-state index in [1.807, 2.05) is 7.05 Å². The average Bonchev–Trinajstić information content (AvgIpc) is 2.91. The molecule has 1 fully saturated rings. The van der Waals surface area contributed by atoms with Gasteiger partial charge in [0.05, 0.1) is 0 Å². The molecule has 0 heterocycles. The lowest BCUT2D eigenvalue weighted by atomic mass is 10.2. The zero-order valence-corrected chi connectivity index (χ0v) is 12.0. The van der Waals surface area contributed by atoms with Gasteiger partial charge >= 0.3 is 12.0 Å². The van der Waals surface area contributed by atoms with Gasteiger partial charge in [0, 0.05) is 32.2 Å². The molecule has 1 saturated carbocycles. The van der Waals surface area contributed by atoms with Crippen molar-refractivity contribution in [3.63, 3.8) is 0 Å². The topological polar surface area (TPSA) is 102 Å². The van der Waals surface area contributed by atoms with Gasteiger partial charge in [-0.15, -0.1) is 0 Å². The highest BCUT2D eigenvalue weighted by Crippen LogP contribution is 2.21. The van der Waals surface area contributed by atoms with Crippen LogP contribution < -0.4 is 10.6 Å². The number of rotatable bonds is 8. The van der Waals surface area contributed by atoms with Crippen molar-refractivity contribution in [3.05, 3.63) is 0 Å². The van der Waals surface area contributed by atoms with Gasteiger partial charge in [-0.3, -0.25) is 0 Å². The van der Waals surface area contributed by atoms with E-state index >= 15 is 0 Å². The van der Waals surface area contributed by atoms with Crippen LogP contribution in [0.1, 0.15) is 32.1 Å². The van der Waals surface area contributed by atoms with Gasteiger partial charge in [-0.25, -0.2) is 9.59 Å². The van der Waals surface area contributed by atoms with Crippen molar-refractivity contribution in [2.45, 2.75) is 44.2 Å². The number of aliphatic hydroxyl groups is 1. The molecule has 1 aliphatic rings. The molecule has 7 nitrogen and oxygen atoms in total. The summed E-state index contributed by atoms with van der Waals surface area (Å²) in [6, 6.07) is -0.959. The van der Waals surface area contributed by atoms with Crippen LogP contribution in [-0.2, 0) is 4.79 Å². The second-order valence-corrected chi connectivity index (χ2v) is 5.22. The summed E-state index contributed by atoms with van der Waals surface area (Å²) < 4.78 is 0. The first-order valence-electron chi connectivity index (χ1n) is 7.13. The van der Waals surface area contributed by atoms with Gasteiger partial charge in [-0.2, -0.15) is 0 Å². The monoisotopic (exact) mass is 287 g/mol. The largest absolute Gasteiger partial charge is 0.480 e. The quantitative estimate of drug-likeness (QED) is 0.503. The van der Waals surface area contributed by atoms with Crippen LogP contribution in [0.25, 0.3) is 0 Å². The summed E-state index contributed by atoms with van der Waals surface area (Å²) >= 11 is 0. The predicted octanol–water partition coefficient (Wildman–Crippen LogP) is -0.00440. The van der Waals surface area contributed by atoms with Crippen LogP contribution in [-0.4, -0.2) is 65.9 Å². The number of urea groups is 1. The molecule has 4 N–H and O–H groups in total. The molecule has 0 aromatic carbocycles. The standard InChI is InChI=1S/C13H25N3O4/c1-16(10-4-2-3-5-10)8-7-14-13(20)15-11(6-9-17)12(18)19/h10-11,17H,2-9H2,1H3,(H,18,19)(H2,14,15,20). The summed E-state index contributed by atoms with van der Waals surface area (Å²) in [5, 5.41) is 22.6. The lowest BCUT2D eigenvalue weighted by Gasteiger charge is -2.24. The van der Waals surface area contributed by atoms with Crippen LogP contribution >= 0.6 is 0 Å².